The molecule has 11 heavy (non-hydrogen) atoms. The molecule has 1 saturated carbocycles. The summed E-state index contributed by atoms with van der Waals surface area (Å²) in [6.45, 7) is 2.04. The maximum absolute atomic E-state index is 10.5. The number of rotatable bonds is 1. The number of nitrogens with two attached hydrogens (primary N) is 1. The van der Waals surface area contributed by atoms with Crippen LogP contribution in [0.4, 0.5) is 0 Å². The van der Waals surface area contributed by atoms with Crippen molar-refractivity contribution in [2.75, 3.05) is 0 Å². The number of hydrogen-bond donors (Lipinski definition) is 2. The van der Waals surface area contributed by atoms with E-state index in [1.54, 1.807) is 0 Å². The molecule has 2 unspecified atom stereocenters. The fourth-order valence-electron chi connectivity index (χ4n) is 1.52. The first-order chi connectivity index (χ1) is 4.54. The largest absolute Gasteiger partial charge is 0.480 e. The third-order valence-corrected chi connectivity index (χ3v) is 2.22. The fraction of sp³-hybridized carbons (Fsp3) is 0.857. The van der Waals surface area contributed by atoms with Gasteiger partial charge in [-0.2, -0.15) is 0 Å². The van der Waals surface area contributed by atoms with E-state index in [1.165, 1.54) is 0 Å². The van der Waals surface area contributed by atoms with Crippen molar-refractivity contribution in [1.82, 2.24) is 0 Å². The van der Waals surface area contributed by atoms with Gasteiger partial charge < -0.3 is 10.8 Å². The summed E-state index contributed by atoms with van der Waals surface area (Å²) < 4.78 is 0. The summed E-state index contributed by atoms with van der Waals surface area (Å²) in [7, 11) is 0. The van der Waals surface area contributed by atoms with Crippen LogP contribution in [0.1, 0.15) is 26.2 Å². The predicted octanol–water partition coefficient (Wildman–Crippen LogP) is 1.01. The smallest absolute Gasteiger partial charge is 0.323 e. The molecule has 0 radical (unpaired) electrons. The molecule has 3 nitrogen and oxygen atoms in total. The lowest BCUT2D eigenvalue weighted by atomic mass is 9.98. The quantitative estimate of drug-likeness (QED) is 0.632. The van der Waals surface area contributed by atoms with E-state index in [0.29, 0.717) is 18.8 Å². The van der Waals surface area contributed by atoms with Gasteiger partial charge in [-0.3, -0.25) is 4.79 Å². The molecule has 1 fully saturated rings. The molecule has 0 bridgehead atoms. The molecule has 0 saturated heterocycles. The van der Waals surface area contributed by atoms with E-state index >= 15 is 0 Å². The highest BCUT2D eigenvalue weighted by Gasteiger charge is 2.40. The lowest BCUT2D eigenvalue weighted by Crippen LogP contribution is -2.45. The van der Waals surface area contributed by atoms with E-state index in [-0.39, 0.29) is 12.4 Å². The number of hydrogen-bond acceptors (Lipinski definition) is 2. The molecular formula is C7H14ClNO2. The number of halogens is 1. The van der Waals surface area contributed by atoms with Crippen molar-refractivity contribution in [2.45, 2.75) is 31.7 Å². The van der Waals surface area contributed by atoms with E-state index in [0.717, 1.165) is 6.42 Å². The number of carboxylic acid groups (broad SMARTS) is 1. The van der Waals surface area contributed by atoms with Gasteiger partial charge >= 0.3 is 5.97 Å². The van der Waals surface area contributed by atoms with E-state index < -0.39 is 11.5 Å². The van der Waals surface area contributed by atoms with Crippen LogP contribution in [-0.2, 0) is 4.79 Å². The summed E-state index contributed by atoms with van der Waals surface area (Å²) in [5, 5.41) is 8.67. The molecule has 4 heteroatoms. The highest BCUT2D eigenvalue weighted by atomic mass is 35.5. The molecule has 1 aliphatic carbocycles. The second-order valence-electron chi connectivity index (χ2n) is 3.31. The number of carboxylic acids is 1. The highest BCUT2D eigenvalue weighted by molar-refractivity contribution is 5.85. The van der Waals surface area contributed by atoms with E-state index in [4.69, 9.17) is 10.8 Å². The van der Waals surface area contributed by atoms with Gasteiger partial charge in [0.15, 0.2) is 0 Å². The summed E-state index contributed by atoms with van der Waals surface area (Å²) in [6, 6.07) is 0. The Morgan fingerprint density at radius 2 is 2.27 bits per heavy atom. The summed E-state index contributed by atoms with van der Waals surface area (Å²) in [4.78, 5) is 10.5. The lowest BCUT2D eigenvalue weighted by Gasteiger charge is -2.16. The van der Waals surface area contributed by atoms with E-state index in [1.807, 2.05) is 6.92 Å². The molecule has 0 amide bonds. The standard InChI is InChI=1S/C7H13NO2.ClH/c1-5-2-3-7(8,4-5)6(9)10;/h5H,2-4,8H2,1H3,(H,9,10);1H. The Balaban J connectivity index is 0.000001000. The van der Waals surface area contributed by atoms with Crippen LogP contribution in [0.2, 0.25) is 0 Å². The Morgan fingerprint density at radius 3 is 2.45 bits per heavy atom. The van der Waals surface area contributed by atoms with Gasteiger partial charge in [-0.05, 0) is 25.2 Å². The summed E-state index contributed by atoms with van der Waals surface area (Å²) >= 11 is 0. The molecular weight excluding hydrogens is 166 g/mol. The second kappa shape index (κ2) is 3.41. The van der Waals surface area contributed by atoms with Crippen molar-refractivity contribution in [3.8, 4) is 0 Å². The third kappa shape index (κ3) is 2.07. The average molecular weight is 180 g/mol. The van der Waals surface area contributed by atoms with Crippen molar-refractivity contribution in [2.24, 2.45) is 11.7 Å². The maximum Gasteiger partial charge on any atom is 0.323 e. The average Bonchev–Trinajstić information content (AvgIpc) is 2.13. The van der Waals surface area contributed by atoms with E-state index in [9.17, 15) is 4.79 Å². The summed E-state index contributed by atoms with van der Waals surface area (Å²) in [5.41, 5.74) is 4.68. The Kier molecular flexibility index (Phi) is 3.32. The number of aliphatic carboxylic acids is 1. The molecule has 66 valence electrons. The Labute approximate surface area is 72.4 Å². The van der Waals surface area contributed by atoms with Gasteiger partial charge in [0, 0.05) is 0 Å². The zero-order valence-corrected chi connectivity index (χ0v) is 7.36. The predicted molar refractivity (Wildman–Crippen MR) is 44.8 cm³/mol. The van der Waals surface area contributed by atoms with Gasteiger partial charge in [-0.25, -0.2) is 0 Å². The van der Waals surface area contributed by atoms with Gasteiger partial charge in [0.2, 0.25) is 0 Å². The van der Waals surface area contributed by atoms with Gasteiger partial charge in [0.25, 0.3) is 0 Å². The monoisotopic (exact) mass is 179 g/mol. The highest BCUT2D eigenvalue weighted by Crippen LogP contribution is 2.32. The van der Waals surface area contributed by atoms with Crippen LogP contribution in [0.3, 0.4) is 0 Å². The van der Waals surface area contributed by atoms with Crippen molar-refractivity contribution in [1.29, 1.82) is 0 Å². The molecule has 2 atom stereocenters. The van der Waals surface area contributed by atoms with Crippen LogP contribution < -0.4 is 5.73 Å². The second-order valence-corrected chi connectivity index (χ2v) is 3.31. The van der Waals surface area contributed by atoms with Crippen LogP contribution >= 0.6 is 12.4 Å². The van der Waals surface area contributed by atoms with Crippen LogP contribution in [0.5, 0.6) is 0 Å². The van der Waals surface area contributed by atoms with Crippen molar-refractivity contribution in [3.63, 3.8) is 0 Å². The Morgan fingerprint density at radius 1 is 1.73 bits per heavy atom. The molecule has 0 heterocycles. The van der Waals surface area contributed by atoms with Crippen LogP contribution in [-0.4, -0.2) is 16.6 Å². The minimum atomic E-state index is -0.917. The summed E-state index contributed by atoms with van der Waals surface area (Å²) in [6.07, 6.45) is 2.20. The SMILES string of the molecule is CC1CCC(N)(C(=O)O)C1.Cl. The minimum absolute atomic E-state index is 0. The first kappa shape index (κ1) is 10.7. The number of carbonyl (C=O) groups is 1. The molecule has 0 aromatic carbocycles. The molecule has 1 aliphatic rings. The van der Waals surface area contributed by atoms with Crippen LogP contribution in [0, 0.1) is 5.92 Å². The zero-order valence-electron chi connectivity index (χ0n) is 6.54. The lowest BCUT2D eigenvalue weighted by molar-refractivity contribution is -0.143. The van der Waals surface area contributed by atoms with Crippen LogP contribution in [0.15, 0.2) is 0 Å². The molecule has 0 spiro atoms. The zero-order chi connectivity index (χ0) is 7.78. The summed E-state index contributed by atoms with van der Waals surface area (Å²) in [5.74, 6) is -0.377. The minimum Gasteiger partial charge on any atom is -0.480 e. The molecule has 1 rings (SSSR count). The normalized spacial score (nSPS) is 36.4. The first-order valence-electron chi connectivity index (χ1n) is 3.57. The molecule has 0 aromatic rings. The van der Waals surface area contributed by atoms with Crippen molar-refractivity contribution < 1.29 is 9.90 Å². The van der Waals surface area contributed by atoms with Gasteiger partial charge in [0.1, 0.15) is 5.54 Å². The Bertz CT molecular complexity index is 163. The topological polar surface area (TPSA) is 63.3 Å². The molecule has 0 aliphatic heterocycles. The van der Waals surface area contributed by atoms with Gasteiger partial charge in [0.05, 0.1) is 0 Å². The van der Waals surface area contributed by atoms with Gasteiger partial charge in [-0.15, -0.1) is 12.4 Å². The first-order valence-corrected chi connectivity index (χ1v) is 3.57. The Hall–Kier alpha value is -0.280. The van der Waals surface area contributed by atoms with E-state index in [2.05, 4.69) is 0 Å². The van der Waals surface area contributed by atoms with Crippen molar-refractivity contribution in [3.05, 3.63) is 0 Å². The van der Waals surface area contributed by atoms with Crippen LogP contribution in [0.25, 0.3) is 0 Å². The third-order valence-electron chi connectivity index (χ3n) is 2.22. The maximum atomic E-state index is 10.5. The fourth-order valence-corrected chi connectivity index (χ4v) is 1.52. The molecule has 3 N–H and O–H groups in total. The molecule has 0 aromatic heterocycles. The van der Waals surface area contributed by atoms with Gasteiger partial charge in [-0.1, -0.05) is 6.92 Å². The van der Waals surface area contributed by atoms with Crippen molar-refractivity contribution >= 4 is 18.4 Å².